The minimum atomic E-state index is -0.769. The van der Waals surface area contributed by atoms with Crippen molar-refractivity contribution in [1.29, 1.82) is 0 Å². The summed E-state index contributed by atoms with van der Waals surface area (Å²) in [5, 5.41) is 9.09. The van der Waals surface area contributed by atoms with Crippen molar-refractivity contribution in [3.8, 4) is 5.75 Å². The summed E-state index contributed by atoms with van der Waals surface area (Å²) >= 11 is 0. The quantitative estimate of drug-likeness (QED) is 0.833. The van der Waals surface area contributed by atoms with E-state index in [0.29, 0.717) is 13.0 Å². The van der Waals surface area contributed by atoms with Crippen LogP contribution in [0.2, 0.25) is 0 Å². The fourth-order valence-electron chi connectivity index (χ4n) is 1.82. The second-order valence-corrected chi connectivity index (χ2v) is 3.75. The molecule has 1 N–H and O–H groups in total. The minimum absolute atomic E-state index is 0.421. The highest BCUT2D eigenvalue weighted by atomic mass is 16.5. The largest absolute Gasteiger partial charge is 0.494 e. The third-order valence-electron chi connectivity index (χ3n) is 2.63. The highest BCUT2D eigenvalue weighted by Gasteiger charge is 2.19. The Kier molecular flexibility index (Phi) is 4.35. The lowest BCUT2D eigenvalue weighted by Crippen LogP contribution is -2.11. The van der Waals surface area contributed by atoms with Gasteiger partial charge in [-0.05, 0) is 43.5 Å². The van der Waals surface area contributed by atoms with E-state index in [9.17, 15) is 4.79 Å². The molecule has 0 spiro atoms. The highest BCUT2D eigenvalue weighted by Crippen LogP contribution is 2.26. The lowest BCUT2D eigenvalue weighted by Gasteiger charge is -2.14. The summed E-state index contributed by atoms with van der Waals surface area (Å²) in [5.74, 6) is -0.394. The summed E-state index contributed by atoms with van der Waals surface area (Å²) < 4.78 is 5.37. The Bertz CT molecular complexity index is 371. The standard InChI is InChI=1S/C13H18O3/c1-4-11(13(14)15)12-7-6-10(16-5-2)8-9(12)3/h6-8,11H,4-5H2,1-3H3,(H,14,15). The number of aryl methyl sites for hydroxylation is 1. The van der Waals surface area contributed by atoms with Crippen LogP contribution in [-0.4, -0.2) is 17.7 Å². The first kappa shape index (κ1) is 12.6. The van der Waals surface area contributed by atoms with Gasteiger partial charge in [0, 0.05) is 0 Å². The Labute approximate surface area is 96.1 Å². The van der Waals surface area contributed by atoms with E-state index in [0.717, 1.165) is 16.9 Å². The molecule has 0 amide bonds. The molecule has 0 bridgehead atoms. The summed E-state index contributed by atoms with van der Waals surface area (Å²) in [7, 11) is 0. The van der Waals surface area contributed by atoms with Crippen LogP contribution in [0.15, 0.2) is 18.2 Å². The van der Waals surface area contributed by atoms with Crippen molar-refractivity contribution in [1.82, 2.24) is 0 Å². The molecule has 1 unspecified atom stereocenters. The molecule has 0 heterocycles. The monoisotopic (exact) mass is 222 g/mol. The molecule has 16 heavy (non-hydrogen) atoms. The van der Waals surface area contributed by atoms with E-state index < -0.39 is 11.9 Å². The maximum atomic E-state index is 11.1. The first-order valence-corrected chi connectivity index (χ1v) is 5.56. The zero-order valence-electron chi connectivity index (χ0n) is 9.99. The number of benzene rings is 1. The van der Waals surface area contributed by atoms with Gasteiger partial charge in [0.15, 0.2) is 0 Å². The first-order valence-electron chi connectivity index (χ1n) is 5.56. The topological polar surface area (TPSA) is 46.5 Å². The van der Waals surface area contributed by atoms with Gasteiger partial charge in [-0.25, -0.2) is 0 Å². The molecule has 88 valence electrons. The summed E-state index contributed by atoms with van der Waals surface area (Å²) in [6.45, 7) is 6.35. The summed E-state index contributed by atoms with van der Waals surface area (Å²) in [6.07, 6.45) is 0.601. The van der Waals surface area contributed by atoms with Crippen molar-refractivity contribution in [2.24, 2.45) is 0 Å². The summed E-state index contributed by atoms with van der Waals surface area (Å²) in [6, 6.07) is 5.57. The molecule has 3 nitrogen and oxygen atoms in total. The Balaban J connectivity index is 3.01. The lowest BCUT2D eigenvalue weighted by molar-refractivity contribution is -0.138. The van der Waals surface area contributed by atoms with Crippen LogP contribution in [-0.2, 0) is 4.79 Å². The smallest absolute Gasteiger partial charge is 0.310 e. The van der Waals surface area contributed by atoms with Crippen LogP contribution in [0, 0.1) is 6.92 Å². The SMILES string of the molecule is CCOc1ccc(C(CC)C(=O)O)c(C)c1. The number of rotatable bonds is 5. The van der Waals surface area contributed by atoms with Crippen LogP contribution in [0.3, 0.4) is 0 Å². The molecule has 1 atom stereocenters. The van der Waals surface area contributed by atoms with Gasteiger partial charge in [-0.2, -0.15) is 0 Å². The molecule has 0 aliphatic carbocycles. The average Bonchev–Trinajstić information content (AvgIpc) is 2.22. The Morgan fingerprint density at radius 1 is 1.44 bits per heavy atom. The van der Waals surface area contributed by atoms with Crippen LogP contribution in [0.5, 0.6) is 5.75 Å². The van der Waals surface area contributed by atoms with Gasteiger partial charge in [0.2, 0.25) is 0 Å². The predicted octanol–water partition coefficient (Wildman–Crippen LogP) is 2.97. The molecule has 0 aliphatic rings. The molecule has 1 rings (SSSR count). The first-order chi connectivity index (χ1) is 7.60. The van der Waals surface area contributed by atoms with Crippen molar-refractivity contribution < 1.29 is 14.6 Å². The van der Waals surface area contributed by atoms with Gasteiger partial charge < -0.3 is 9.84 Å². The fraction of sp³-hybridized carbons (Fsp3) is 0.462. The number of carbonyl (C=O) groups is 1. The molecule has 0 saturated carbocycles. The van der Waals surface area contributed by atoms with E-state index in [-0.39, 0.29) is 0 Å². The Morgan fingerprint density at radius 3 is 2.56 bits per heavy atom. The van der Waals surface area contributed by atoms with Crippen molar-refractivity contribution >= 4 is 5.97 Å². The van der Waals surface area contributed by atoms with Gasteiger partial charge in [-0.1, -0.05) is 13.0 Å². The van der Waals surface area contributed by atoms with Crippen LogP contribution in [0.25, 0.3) is 0 Å². The molecular weight excluding hydrogens is 204 g/mol. The number of carboxylic acid groups (broad SMARTS) is 1. The van der Waals surface area contributed by atoms with Crippen LogP contribution in [0.4, 0.5) is 0 Å². The van der Waals surface area contributed by atoms with E-state index in [1.807, 2.05) is 39.0 Å². The summed E-state index contributed by atoms with van der Waals surface area (Å²) in [4.78, 5) is 11.1. The molecule has 0 aromatic heterocycles. The maximum Gasteiger partial charge on any atom is 0.310 e. The zero-order chi connectivity index (χ0) is 12.1. The van der Waals surface area contributed by atoms with Gasteiger partial charge in [0.25, 0.3) is 0 Å². The average molecular weight is 222 g/mol. The maximum absolute atomic E-state index is 11.1. The predicted molar refractivity (Wildman–Crippen MR) is 63.0 cm³/mol. The third-order valence-corrected chi connectivity index (χ3v) is 2.63. The lowest BCUT2D eigenvalue weighted by atomic mass is 9.92. The molecule has 3 heteroatoms. The molecule has 1 aromatic carbocycles. The molecule has 0 radical (unpaired) electrons. The van der Waals surface area contributed by atoms with E-state index in [1.54, 1.807) is 0 Å². The zero-order valence-corrected chi connectivity index (χ0v) is 9.99. The number of hydrogen-bond acceptors (Lipinski definition) is 2. The normalized spacial score (nSPS) is 12.2. The van der Waals surface area contributed by atoms with Crippen molar-refractivity contribution in [3.63, 3.8) is 0 Å². The summed E-state index contributed by atoms with van der Waals surface area (Å²) in [5.41, 5.74) is 1.85. The Hall–Kier alpha value is -1.51. The van der Waals surface area contributed by atoms with Crippen LogP contribution >= 0.6 is 0 Å². The number of aliphatic carboxylic acids is 1. The van der Waals surface area contributed by atoms with Gasteiger partial charge in [-0.15, -0.1) is 0 Å². The number of hydrogen-bond donors (Lipinski definition) is 1. The van der Waals surface area contributed by atoms with Crippen LogP contribution < -0.4 is 4.74 Å². The molecule has 0 saturated heterocycles. The number of ether oxygens (including phenoxy) is 1. The molecule has 1 aromatic rings. The second kappa shape index (κ2) is 5.54. The fourth-order valence-corrected chi connectivity index (χ4v) is 1.82. The molecular formula is C13H18O3. The molecule has 0 aliphatic heterocycles. The van der Waals surface area contributed by atoms with E-state index in [2.05, 4.69) is 0 Å². The highest BCUT2D eigenvalue weighted by molar-refractivity contribution is 5.76. The van der Waals surface area contributed by atoms with Gasteiger partial charge in [-0.3, -0.25) is 4.79 Å². The van der Waals surface area contributed by atoms with Crippen molar-refractivity contribution in [2.45, 2.75) is 33.1 Å². The van der Waals surface area contributed by atoms with E-state index >= 15 is 0 Å². The van der Waals surface area contributed by atoms with Crippen LogP contribution in [0.1, 0.15) is 37.3 Å². The van der Waals surface area contributed by atoms with Crippen molar-refractivity contribution in [2.75, 3.05) is 6.61 Å². The minimum Gasteiger partial charge on any atom is -0.494 e. The Morgan fingerprint density at radius 2 is 2.12 bits per heavy atom. The van der Waals surface area contributed by atoms with Gasteiger partial charge in [0.05, 0.1) is 12.5 Å². The second-order valence-electron chi connectivity index (χ2n) is 3.75. The van der Waals surface area contributed by atoms with Crippen molar-refractivity contribution in [3.05, 3.63) is 29.3 Å². The van der Waals surface area contributed by atoms with Gasteiger partial charge in [0.1, 0.15) is 5.75 Å². The van der Waals surface area contributed by atoms with Gasteiger partial charge >= 0.3 is 5.97 Å². The number of carboxylic acids is 1. The molecule has 0 fully saturated rings. The van der Waals surface area contributed by atoms with E-state index in [4.69, 9.17) is 9.84 Å². The van der Waals surface area contributed by atoms with E-state index in [1.165, 1.54) is 0 Å². The third kappa shape index (κ3) is 2.75.